The molecule has 1 rings (SSSR count). The number of likely N-dealkylation sites (N-methyl/N-ethyl adjacent to an activating group) is 2. The normalized spacial score (nSPS) is 15.3. The summed E-state index contributed by atoms with van der Waals surface area (Å²) in [5.74, 6) is 0. The molecular weight excluding hydrogens is 172 g/mol. The molecule has 0 fully saturated rings. The number of hydrogen-bond acceptors (Lipinski definition) is 2. The Kier molecular flexibility index (Phi) is 5.06. The first kappa shape index (κ1) is 12.8. The van der Waals surface area contributed by atoms with Gasteiger partial charge in [-0.1, -0.05) is 20.4 Å². The molecule has 0 bridgehead atoms. The lowest BCUT2D eigenvalue weighted by atomic mass is 10.2. The summed E-state index contributed by atoms with van der Waals surface area (Å²) in [7, 11) is 6.09. The molecule has 2 heteroatoms. The van der Waals surface area contributed by atoms with E-state index in [-0.39, 0.29) is 0 Å². The van der Waals surface area contributed by atoms with Gasteiger partial charge in [0.2, 0.25) is 0 Å². The molecule has 0 aromatic carbocycles. The van der Waals surface area contributed by atoms with E-state index in [1.54, 1.807) is 0 Å². The van der Waals surface area contributed by atoms with Gasteiger partial charge in [-0.2, -0.15) is 0 Å². The molecule has 0 aliphatic carbocycles. The van der Waals surface area contributed by atoms with Crippen molar-refractivity contribution in [2.75, 3.05) is 21.1 Å². The Morgan fingerprint density at radius 1 is 1.21 bits per heavy atom. The lowest BCUT2D eigenvalue weighted by Gasteiger charge is -2.30. The van der Waals surface area contributed by atoms with Crippen molar-refractivity contribution >= 4 is 0 Å². The highest BCUT2D eigenvalue weighted by atomic mass is 15.2. The Labute approximate surface area is 88.2 Å². The molecule has 0 radical (unpaired) electrons. The second kappa shape index (κ2) is 5.53. The molecule has 0 saturated heterocycles. The molecular formula is C12H22N2. The van der Waals surface area contributed by atoms with Crippen LogP contribution in [0.4, 0.5) is 0 Å². The summed E-state index contributed by atoms with van der Waals surface area (Å²) in [6, 6.07) is 0. The molecule has 0 aromatic heterocycles. The van der Waals surface area contributed by atoms with E-state index in [9.17, 15) is 0 Å². The monoisotopic (exact) mass is 194 g/mol. The molecule has 0 amide bonds. The molecule has 14 heavy (non-hydrogen) atoms. The van der Waals surface area contributed by atoms with Crippen molar-refractivity contribution in [1.29, 1.82) is 0 Å². The maximum atomic E-state index is 4.02. The van der Waals surface area contributed by atoms with Gasteiger partial charge in [-0.05, 0) is 19.1 Å². The van der Waals surface area contributed by atoms with Crippen LogP contribution in [0.1, 0.15) is 20.8 Å². The molecule has 1 heterocycles. The SMILES string of the molecule is C=C1C(N(C)C)=CC=C(C)N1C.CC. The average Bonchev–Trinajstić information content (AvgIpc) is 2.17. The summed E-state index contributed by atoms with van der Waals surface area (Å²) in [6.07, 6.45) is 4.20. The molecule has 0 spiro atoms. The van der Waals surface area contributed by atoms with Gasteiger partial charge < -0.3 is 9.80 Å². The predicted octanol–water partition coefficient (Wildman–Crippen LogP) is 2.82. The average molecular weight is 194 g/mol. The zero-order valence-electron chi connectivity index (χ0n) is 10.3. The summed E-state index contributed by atoms with van der Waals surface area (Å²) >= 11 is 0. The summed E-state index contributed by atoms with van der Waals surface area (Å²) in [6.45, 7) is 10.1. The smallest absolute Gasteiger partial charge is 0.0596 e. The Morgan fingerprint density at radius 2 is 1.71 bits per heavy atom. The third-order valence-corrected chi connectivity index (χ3v) is 2.19. The van der Waals surface area contributed by atoms with Gasteiger partial charge in [0.05, 0.1) is 11.4 Å². The first-order valence-electron chi connectivity index (χ1n) is 5.03. The van der Waals surface area contributed by atoms with E-state index in [0.29, 0.717) is 0 Å². The quantitative estimate of drug-likeness (QED) is 0.633. The molecule has 2 nitrogen and oxygen atoms in total. The van der Waals surface area contributed by atoms with Gasteiger partial charge in [-0.25, -0.2) is 0 Å². The number of hydrogen-bond donors (Lipinski definition) is 0. The zero-order chi connectivity index (χ0) is 11.3. The fourth-order valence-corrected chi connectivity index (χ4v) is 1.20. The van der Waals surface area contributed by atoms with Gasteiger partial charge in [-0.3, -0.25) is 0 Å². The molecule has 1 aliphatic heterocycles. The van der Waals surface area contributed by atoms with E-state index in [1.807, 2.05) is 35.0 Å². The standard InChI is InChI=1S/C10H16N2.C2H6/c1-8-6-7-10(11(3)4)9(2)12(8)5;1-2/h6-7H,2H2,1,3-5H3;1-2H3. The fourth-order valence-electron chi connectivity index (χ4n) is 1.20. The van der Waals surface area contributed by atoms with E-state index >= 15 is 0 Å². The van der Waals surface area contributed by atoms with Gasteiger partial charge in [0.15, 0.2) is 0 Å². The molecule has 0 aromatic rings. The molecule has 0 N–H and O–H groups in total. The van der Waals surface area contributed by atoms with E-state index in [0.717, 1.165) is 5.70 Å². The van der Waals surface area contributed by atoms with Gasteiger partial charge in [0.1, 0.15) is 0 Å². The lowest BCUT2D eigenvalue weighted by Crippen LogP contribution is -2.25. The predicted molar refractivity (Wildman–Crippen MR) is 63.8 cm³/mol. The third-order valence-electron chi connectivity index (χ3n) is 2.19. The molecule has 0 atom stereocenters. The topological polar surface area (TPSA) is 6.48 Å². The van der Waals surface area contributed by atoms with Crippen LogP contribution in [0.5, 0.6) is 0 Å². The van der Waals surface area contributed by atoms with Crippen molar-refractivity contribution in [2.24, 2.45) is 0 Å². The van der Waals surface area contributed by atoms with Gasteiger partial charge in [-0.15, -0.1) is 0 Å². The van der Waals surface area contributed by atoms with Crippen molar-refractivity contribution in [3.63, 3.8) is 0 Å². The highest BCUT2D eigenvalue weighted by Gasteiger charge is 2.13. The summed E-state index contributed by atoms with van der Waals surface area (Å²) in [5.41, 5.74) is 3.45. The van der Waals surface area contributed by atoms with Crippen molar-refractivity contribution in [2.45, 2.75) is 20.8 Å². The number of allylic oxidation sites excluding steroid dienone is 3. The van der Waals surface area contributed by atoms with E-state index < -0.39 is 0 Å². The summed E-state index contributed by atoms with van der Waals surface area (Å²) in [4.78, 5) is 4.16. The minimum atomic E-state index is 1.06. The zero-order valence-corrected chi connectivity index (χ0v) is 10.3. The highest BCUT2D eigenvalue weighted by Crippen LogP contribution is 2.22. The summed E-state index contributed by atoms with van der Waals surface area (Å²) in [5, 5.41) is 0. The van der Waals surface area contributed by atoms with Gasteiger partial charge in [0, 0.05) is 26.8 Å². The molecule has 80 valence electrons. The van der Waals surface area contributed by atoms with E-state index in [2.05, 4.69) is 35.5 Å². The Balaban J connectivity index is 0.000000791. The minimum absolute atomic E-state index is 1.06. The van der Waals surface area contributed by atoms with Crippen LogP contribution in [-0.2, 0) is 0 Å². The second-order valence-corrected chi connectivity index (χ2v) is 3.26. The Morgan fingerprint density at radius 3 is 2.14 bits per heavy atom. The molecule has 1 aliphatic rings. The molecule has 0 unspecified atom stereocenters. The maximum Gasteiger partial charge on any atom is 0.0596 e. The van der Waals surface area contributed by atoms with Crippen LogP contribution >= 0.6 is 0 Å². The van der Waals surface area contributed by atoms with Crippen LogP contribution in [0.3, 0.4) is 0 Å². The second-order valence-electron chi connectivity index (χ2n) is 3.26. The van der Waals surface area contributed by atoms with Crippen LogP contribution in [0, 0.1) is 0 Å². The Bertz CT molecular complexity index is 259. The van der Waals surface area contributed by atoms with E-state index in [4.69, 9.17) is 0 Å². The maximum absolute atomic E-state index is 4.02. The molecule has 0 saturated carbocycles. The van der Waals surface area contributed by atoms with Crippen molar-refractivity contribution < 1.29 is 0 Å². The first-order valence-corrected chi connectivity index (χ1v) is 5.03. The van der Waals surface area contributed by atoms with Crippen molar-refractivity contribution in [3.8, 4) is 0 Å². The van der Waals surface area contributed by atoms with E-state index in [1.165, 1.54) is 11.4 Å². The van der Waals surface area contributed by atoms with Crippen LogP contribution in [0.2, 0.25) is 0 Å². The van der Waals surface area contributed by atoms with Crippen LogP contribution in [-0.4, -0.2) is 30.9 Å². The van der Waals surface area contributed by atoms with Crippen LogP contribution < -0.4 is 0 Å². The summed E-state index contributed by atoms with van der Waals surface area (Å²) < 4.78 is 0. The largest absolute Gasteiger partial charge is 0.376 e. The minimum Gasteiger partial charge on any atom is -0.376 e. The van der Waals surface area contributed by atoms with Crippen LogP contribution in [0.25, 0.3) is 0 Å². The first-order chi connectivity index (χ1) is 6.54. The van der Waals surface area contributed by atoms with Gasteiger partial charge >= 0.3 is 0 Å². The number of rotatable bonds is 1. The number of nitrogens with zero attached hydrogens (tertiary/aromatic N) is 2. The highest BCUT2D eigenvalue weighted by molar-refractivity contribution is 5.36. The van der Waals surface area contributed by atoms with Crippen molar-refractivity contribution in [1.82, 2.24) is 9.80 Å². The van der Waals surface area contributed by atoms with Crippen molar-refractivity contribution in [3.05, 3.63) is 35.8 Å². The Hall–Kier alpha value is -1.18. The fraction of sp³-hybridized carbons (Fsp3) is 0.500. The third kappa shape index (κ3) is 2.66. The van der Waals surface area contributed by atoms with Gasteiger partial charge in [0.25, 0.3) is 0 Å². The lowest BCUT2D eigenvalue weighted by molar-refractivity contribution is 0.443. The van der Waals surface area contributed by atoms with Crippen LogP contribution in [0.15, 0.2) is 35.8 Å².